The molecule has 0 aromatic carbocycles. The number of nitrogens with two attached hydrogens (primary N) is 1. The lowest BCUT2D eigenvalue weighted by molar-refractivity contribution is -0.152. The summed E-state index contributed by atoms with van der Waals surface area (Å²) in [4.78, 5) is 0. The fourth-order valence-corrected chi connectivity index (χ4v) is 3.31. The molecule has 1 spiro atoms. The largest absolute Gasteiger partial charge is 0.377 e. The Morgan fingerprint density at radius 1 is 1.53 bits per heavy atom. The third kappa shape index (κ3) is 2.81. The average Bonchev–Trinajstić information content (AvgIpc) is 2.29. The molecular formula is C13H26N2O2. The highest BCUT2D eigenvalue weighted by Gasteiger charge is 2.45. The second-order valence-corrected chi connectivity index (χ2v) is 5.49. The van der Waals surface area contributed by atoms with E-state index in [0.29, 0.717) is 5.92 Å². The van der Waals surface area contributed by atoms with Gasteiger partial charge < -0.3 is 9.47 Å². The van der Waals surface area contributed by atoms with Crippen molar-refractivity contribution < 1.29 is 9.47 Å². The lowest BCUT2D eigenvalue weighted by Crippen LogP contribution is -2.55. The molecule has 1 saturated carbocycles. The van der Waals surface area contributed by atoms with Gasteiger partial charge in [0, 0.05) is 19.3 Å². The van der Waals surface area contributed by atoms with Crippen LogP contribution in [0.1, 0.15) is 46.0 Å². The quantitative estimate of drug-likeness (QED) is 0.568. The molecule has 0 radical (unpaired) electrons. The molecule has 3 atom stereocenters. The Morgan fingerprint density at radius 3 is 2.82 bits per heavy atom. The summed E-state index contributed by atoms with van der Waals surface area (Å²) >= 11 is 0. The molecule has 1 aliphatic heterocycles. The summed E-state index contributed by atoms with van der Waals surface area (Å²) in [5, 5.41) is 0. The molecule has 2 rings (SSSR count). The monoisotopic (exact) mass is 242 g/mol. The van der Waals surface area contributed by atoms with Crippen molar-refractivity contribution in [1.29, 1.82) is 0 Å². The van der Waals surface area contributed by atoms with Crippen LogP contribution in [0.2, 0.25) is 0 Å². The van der Waals surface area contributed by atoms with Crippen LogP contribution in [0.15, 0.2) is 0 Å². The molecule has 1 aliphatic carbocycles. The van der Waals surface area contributed by atoms with E-state index >= 15 is 0 Å². The molecule has 0 bridgehead atoms. The van der Waals surface area contributed by atoms with E-state index in [4.69, 9.17) is 15.3 Å². The summed E-state index contributed by atoms with van der Waals surface area (Å²) in [5.41, 5.74) is 3.15. The van der Waals surface area contributed by atoms with E-state index in [1.807, 2.05) is 6.92 Å². The van der Waals surface area contributed by atoms with Gasteiger partial charge in [-0.25, -0.2) is 0 Å². The van der Waals surface area contributed by atoms with Crippen molar-refractivity contribution in [2.75, 3.05) is 13.2 Å². The van der Waals surface area contributed by atoms with Gasteiger partial charge in [-0.1, -0.05) is 0 Å². The molecule has 3 unspecified atom stereocenters. The minimum atomic E-state index is 0.172. The van der Waals surface area contributed by atoms with Crippen molar-refractivity contribution in [3.8, 4) is 0 Å². The Balaban J connectivity index is 1.94. The number of hydrazine groups is 1. The number of hydrogen-bond acceptors (Lipinski definition) is 4. The zero-order valence-electron chi connectivity index (χ0n) is 11.1. The van der Waals surface area contributed by atoms with Gasteiger partial charge in [0.05, 0.1) is 11.7 Å². The Morgan fingerprint density at radius 2 is 2.29 bits per heavy atom. The van der Waals surface area contributed by atoms with Gasteiger partial charge in [-0.2, -0.15) is 0 Å². The van der Waals surface area contributed by atoms with E-state index in [9.17, 15) is 0 Å². The first-order valence-corrected chi connectivity index (χ1v) is 6.92. The van der Waals surface area contributed by atoms with Crippen LogP contribution in [-0.2, 0) is 9.47 Å². The van der Waals surface area contributed by atoms with E-state index in [1.165, 1.54) is 19.3 Å². The zero-order chi connectivity index (χ0) is 12.3. The van der Waals surface area contributed by atoms with E-state index in [2.05, 4.69) is 12.3 Å². The van der Waals surface area contributed by atoms with E-state index in [1.54, 1.807) is 0 Å². The first-order valence-electron chi connectivity index (χ1n) is 6.92. The Hall–Kier alpha value is -0.160. The normalized spacial score (nSPS) is 30.9. The van der Waals surface area contributed by atoms with Gasteiger partial charge in [-0.3, -0.25) is 11.3 Å². The molecular weight excluding hydrogens is 216 g/mol. The minimum absolute atomic E-state index is 0.172. The fourth-order valence-electron chi connectivity index (χ4n) is 3.31. The highest BCUT2D eigenvalue weighted by atomic mass is 16.5. The van der Waals surface area contributed by atoms with Crippen LogP contribution in [0.25, 0.3) is 0 Å². The second kappa shape index (κ2) is 5.65. The maximum absolute atomic E-state index is 5.96. The summed E-state index contributed by atoms with van der Waals surface area (Å²) in [6, 6.07) is 0.247. The summed E-state index contributed by atoms with van der Waals surface area (Å²) in [6.45, 7) is 5.76. The van der Waals surface area contributed by atoms with Crippen molar-refractivity contribution in [2.24, 2.45) is 11.8 Å². The summed E-state index contributed by atoms with van der Waals surface area (Å²) in [6.07, 6.45) is 6.17. The van der Waals surface area contributed by atoms with Crippen molar-refractivity contribution in [1.82, 2.24) is 5.43 Å². The van der Waals surface area contributed by atoms with Crippen LogP contribution in [-0.4, -0.2) is 31.0 Å². The van der Waals surface area contributed by atoms with Crippen molar-refractivity contribution >= 4 is 0 Å². The van der Waals surface area contributed by atoms with Gasteiger partial charge in [0.15, 0.2) is 0 Å². The van der Waals surface area contributed by atoms with E-state index in [0.717, 1.165) is 26.1 Å². The molecule has 4 nitrogen and oxygen atoms in total. The molecule has 1 heterocycles. The third-order valence-corrected chi connectivity index (χ3v) is 4.43. The predicted octanol–water partition coefficient (Wildman–Crippen LogP) is 1.59. The van der Waals surface area contributed by atoms with Crippen LogP contribution in [0.4, 0.5) is 0 Å². The maximum atomic E-state index is 5.96. The topological polar surface area (TPSA) is 56.5 Å². The molecule has 4 heteroatoms. The maximum Gasteiger partial charge on any atom is 0.0715 e. The van der Waals surface area contributed by atoms with Gasteiger partial charge in [-0.05, 0) is 51.9 Å². The molecule has 2 aliphatic rings. The van der Waals surface area contributed by atoms with Crippen LogP contribution >= 0.6 is 0 Å². The molecule has 100 valence electrons. The summed E-state index contributed by atoms with van der Waals surface area (Å²) in [5.74, 6) is 6.29. The number of hydrogen-bond donors (Lipinski definition) is 2. The molecule has 0 amide bonds. The van der Waals surface area contributed by atoms with Gasteiger partial charge in [-0.15, -0.1) is 0 Å². The first kappa shape index (κ1) is 13.3. The predicted molar refractivity (Wildman–Crippen MR) is 67.5 cm³/mol. The molecule has 17 heavy (non-hydrogen) atoms. The number of rotatable bonds is 5. The highest BCUT2D eigenvalue weighted by molar-refractivity contribution is 4.97. The molecule has 3 N–H and O–H groups in total. The summed E-state index contributed by atoms with van der Waals surface area (Å²) in [7, 11) is 0. The van der Waals surface area contributed by atoms with Crippen LogP contribution in [0.5, 0.6) is 0 Å². The standard InChI is InChI=1S/C13H26N2O2/c1-3-16-10(2)12(15-14)11-5-8-17-13(9-11)6-4-7-13/h10-12,15H,3-9,14H2,1-2H3. The molecule has 1 saturated heterocycles. The van der Waals surface area contributed by atoms with Crippen molar-refractivity contribution in [3.63, 3.8) is 0 Å². The third-order valence-electron chi connectivity index (χ3n) is 4.43. The number of ether oxygens (including phenoxy) is 2. The number of nitrogens with one attached hydrogen (secondary N) is 1. The van der Waals surface area contributed by atoms with Gasteiger partial charge in [0.25, 0.3) is 0 Å². The van der Waals surface area contributed by atoms with Crippen LogP contribution in [0, 0.1) is 5.92 Å². The Bertz CT molecular complexity index is 244. The molecule has 0 aromatic heterocycles. The SMILES string of the molecule is CCOC(C)C(NN)C1CCOC2(CCC2)C1. The van der Waals surface area contributed by atoms with Crippen molar-refractivity contribution in [2.45, 2.75) is 63.7 Å². The van der Waals surface area contributed by atoms with E-state index < -0.39 is 0 Å². The van der Waals surface area contributed by atoms with Gasteiger partial charge in [0.2, 0.25) is 0 Å². The van der Waals surface area contributed by atoms with Gasteiger partial charge >= 0.3 is 0 Å². The fraction of sp³-hybridized carbons (Fsp3) is 1.00. The Labute approximate surface area is 104 Å². The van der Waals surface area contributed by atoms with Crippen LogP contribution < -0.4 is 11.3 Å². The molecule has 2 fully saturated rings. The minimum Gasteiger partial charge on any atom is -0.377 e. The highest BCUT2D eigenvalue weighted by Crippen LogP contribution is 2.45. The van der Waals surface area contributed by atoms with Crippen LogP contribution in [0.3, 0.4) is 0 Å². The second-order valence-electron chi connectivity index (χ2n) is 5.49. The Kier molecular flexibility index (Phi) is 4.42. The lowest BCUT2D eigenvalue weighted by Gasteiger charge is -2.49. The molecule has 0 aromatic rings. The lowest BCUT2D eigenvalue weighted by atomic mass is 9.70. The summed E-state index contributed by atoms with van der Waals surface area (Å²) < 4.78 is 11.6. The zero-order valence-corrected chi connectivity index (χ0v) is 11.1. The van der Waals surface area contributed by atoms with Gasteiger partial charge in [0.1, 0.15) is 0 Å². The van der Waals surface area contributed by atoms with E-state index in [-0.39, 0.29) is 17.7 Å². The smallest absolute Gasteiger partial charge is 0.0715 e. The average molecular weight is 242 g/mol. The van der Waals surface area contributed by atoms with Crippen molar-refractivity contribution in [3.05, 3.63) is 0 Å². The first-order chi connectivity index (χ1) is 8.21.